The van der Waals surface area contributed by atoms with E-state index in [9.17, 15) is 27.2 Å². The molecule has 0 unspecified atom stereocenters. The molecule has 3 aromatic rings. The Morgan fingerprint density at radius 1 is 1.05 bits per heavy atom. The van der Waals surface area contributed by atoms with Crippen LogP contribution in [0, 0.1) is 5.82 Å². The van der Waals surface area contributed by atoms with Crippen LogP contribution in [0.4, 0.5) is 23.4 Å². The van der Waals surface area contributed by atoms with Crippen LogP contribution < -0.4 is 10.6 Å². The Bertz CT molecular complexity index is 1630. The summed E-state index contributed by atoms with van der Waals surface area (Å²) >= 11 is 1.31. The molecule has 1 aromatic heterocycles. The maximum atomic E-state index is 14.8. The van der Waals surface area contributed by atoms with Crippen molar-refractivity contribution in [3.8, 4) is 11.1 Å². The average molecular weight is 631 g/mol. The molecule has 4 heterocycles. The molecule has 2 fully saturated rings. The van der Waals surface area contributed by atoms with Crippen molar-refractivity contribution in [2.45, 2.75) is 24.0 Å². The number of amides is 1. The van der Waals surface area contributed by atoms with Crippen LogP contribution in [0.25, 0.3) is 22.0 Å². The third kappa shape index (κ3) is 5.72. The number of hydrogen-bond acceptors (Lipinski definition) is 7. The number of likely N-dealkylation sites (N-methyl/N-ethyl adjacent to an activating group) is 1. The van der Waals surface area contributed by atoms with Gasteiger partial charge in [-0.15, -0.1) is 11.8 Å². The first-order chi connectivity index (χ1) is 21.1. The fraction of sp³-hybridized carbons (Fsp3) is 0.452. The second kappa shape index (κ2) is 12.2. The van der Waals surface area contributed by atoms with Gasteiger partial charge in [0.05, 0.1) is 17.1 Å². The smallest absolute Gasteiger partial charge is 0.352 e. The number of piperazine rings is 2. The molecule has 0 N–H and O–H groups in total. The van der Waals surface area contributed by atoms with Gasteiger partial charge in [-0.3, -0.25) is 14.3 Å². The van der Waals surface area contributed by atoms with E-state index >= 15 is 0 Å². The SMILES string of the molecule is C=CC(=O)N1CCN(c2nc(=O)n3c4c(c(-c5ccc(F)cc5)c(C(F)(F)F)cc24)SC[C@@H]3CN2CCN(CC)CC2)CC1. The zero-order valence-corrected chi connectivity index (χ0v) is 25.3. The van der Waals surface area contributed by atoms with Crippen molar-refractivity contribution in [2.24, 2.45) is 0 Å². The molecule has 0 aliphatic carbocycles. The largest absolute Gasteiger partial charge is 0.417 e. The number of rotatable bonds is 6. The summed E-state index contributed by atoms with van der Waals surface area (Å²) in [6, 6.07) is 5.80. The summed E-state index contributed by atoms with van der Waals surface area (Å²) in [5.74, 6) is -0.196. The molecular weight excluding hydrogens is 596 g/mol. The number of carbonyl (C=O) groups excluding carboxylic acids is 1. The van der Waals surface area contributed by atoms with Gasteiger partial charge >= 0.3 is 11.9 Å². The molecule has 0 bridgehead atoms. The number of alkyl halides is 3. The van der Waals surface area contributed by atoms with Crippen LogP contribution in [0.5, 0.6) is 0 Å². The van der Waals surface area contributed by atoms with Crippen molar-refractivity contribution in [1.29, 1.82) is 0 Å². The highest BCUT2D eigenvalue weighted by molar-refractivity contribution is 7.99. The fourth-order valence-electron chi connectivity index (χ4n) is 6.45. The molecule has 13 heteroatoms. The average Bonchev–Trinajstić information content (AvgIpc) is 3.02. The summed E-state index contributed by atoms with van der Waals surface area (Å²) in [5.41, 5.74) is -0.782. The Labute approximate surface area is 256 Å². The van der Waals surface area contributed by atoms with Gasteiger partial charge in [-0.1, -0.05) is 25.6 Å². The number of benzene rings is 2. The van der Waals surface area contributed by atoms with Crippen molar-refractivity contribution in [2.75, 3.05) is 76.1 Å². The normalized spacial score (nSPS) is 19.9. The molecule has 3 aliphatic rings. The van der Waals surface area contributed by atoms with E-state index in [4.69, 9.17) is 0 Å². The van der Waals surface area contributed by atoms with Crippen LogP contribution >= 0.6 is 11.8 Å². The predicted octanol–water partition coefficient (Wildman–Crippen LogP) is 4.34. The molecule has 2 aromatic carbocycles. The van der Waals surface area contributed by atoms with Gasteiger partial charge < -0.3 is 14.7 Å². The van der Waals surface area contributed by atoms with Gasteiger partial charge in [0, 0.05) is 80.5 Å². The fourth-order valence-corrected chi connectivity index (χ4v) is 7.78. The molecule has 1 atom stereocenters. The highest BCUT2D eigenvalue weighted by Gasteiger charge is 2.40. The molecule has 0 radical (unpaired) electrons. The van der Waals surface area contributed by atoms with E-state index in [2.05, 4.69) is 28.3 Å². The van der Waals surface area contributed by atoms with E-state index in [0.29, 0.717) is 48.9 Å². The van der Waals surface area contributed by atoms with E-state index in [1.807, 2.05) is 0 Å². The number of aromatic nitrogens is 2. The zero-order valence-electron chi connectivity index (χ0n) is 24.4. The first-order valence-corrected chi connectivity index (χ1v) is 15.8. The molecule has 0 saturated carbocycles. The number of nitrogens with zero attached hydrogens (tertiary/aromatic N) is 6. The third-order valence-electron chi connectivity index (χ3n) is 8.81. The summed E-state index contributed by atoms with van der Waals surface area (Å²) in [5, 5.41) is 0.245. The molecule has 2 saturated heterocycles. The highest BCUT2D eigenvalue weighted by atomic mass is 32.2. The molecule has 1 amide bonds. The maximum Gasteiger partial charge on any atom is 0.417 e. The van der Waals surface area contributed by atoms with E-state index in [1.165, 1.54) is 30.0 Å². The molecule has 8 nitrogen and oxygen atoms in total. The summed E-state index contributed by atoms with van der Waals surface area (Å²) in [4.78, 5) is 38.9. The number of hydrogen-bond donors (Lipinski definition) is 0. The van der Waals surface area contributed by atoms with Crippen LogP contribution in [0.3, 0.4) is 0 Å². The van der Waals surface area contributed by atoms with Gasteiger partial charge in [-0.05, 0) is 36.4 Å². The summed E-state index contributed by atoms with van der Waals surface area (Å²) < 4.78 is 59.9. The lowest BCUT2D eigenvalue weighted by atomic mass is 9.96. The van der Waals surface area contributed by atoms with Crippen molar-refractivity contribution in [1.82, 2.24) is 24.3 Å². The Hall–Kier alpha value is -3.42. The molecule has 234 valence electrons. The topological polar surface area (TPSA) is 64.9 Å². The minimum absolute atomic E-state index is 0.0586. The Morgan fingerprint density at radius 2 is 1.70 bits per heavy atom. The molecular formula is C31H34F4N6O2S. The van der Waals surface area contributed by atoms with Crippen LogP contribution in [0.1, 0.15) is 18.5 Å². The number of thioether (sulfide) groups is 1. The van der Waals surface area contributed by atoms with Crippen LogP contribution in [-0.2, 0) is 11.0 Å². The second-order valence-corrected chi connectivity index (χ2v) is 12.4. The first kappa shape index (κ1) is 30.6. The van der Waals surface area contributed by atoms with Crippen molar-refractivity contribution >= 4 is 34.4 Å². The van der Waals surface area contributed by atoms with E-state index < -0.39 is 23.2 Å². The van der Waals surface area contributed by atoms with E-state index in [1.54, 1.807) is 14.4 Å². The zero-order chi connectivity index (χ0) is 31.2. The lowest BCUT2D eigenvalue weighted by Gasteiger charge is -2.39. The van der Waals surface area contributed by atoms with Gasteiger partial charge in [0.15, 0.2) is 0 Å². The summed E-state index contributed by atoms with van der Waals surface area (Å²) in [6.07, 6.45) is -3.49. The van der Waals surface area contributed by atoms with Crippen LogP contribution in [0.2, 0.25) is 0 Å². The second-order valence-electron chi connectivity index (χ2n) is 11.3. The van der Waals surface area contributed by atoms with Gasteiger partial charge in [0.1, 0.15) is 11.6 Å². The molecule has 6 rings (SSSR count). The lowest BCUT2D eigenvalue weighted by Crippen LogP contribution is -2.50. The highest BCUT2D eigenvalue weighted by Crippen LogP contribution is 2.49. The first-order valence-electron chi connectivity index (χ1n) is 14.8. The lowest BCUT2D eigenvalue weighted by molar-refractivity contribution is -0.137. The molecule has 0 spiro atoms. The summed E-state index contributed by atoms with van der Waals surface area (Å²) in [7, 11) is 0. The Balaban J connectivity index is 1.52. The maximum absolute atomic E-state index is 14.8. The number of anilines is 1. The molecule has 3 aliphatic heterocycles. The van der Waals surface area contributed by atoms with E-state index in [0.717, 1.165) is 50.9 Å². The van der Waals surface area contributed by atoms with Gasteiger partial charge in [-0.25, -0.2) is 9.18 Å². The van der Waals surface area contributed by atoms with Gasteiger partial charge in [-0.2, -0.15) is 18.2 Å². The van der Waals surface area contributed by atoms with E-state index in [-0.39, 0.29) is 34.3 Å². The minimum atomic E-state index is -4.72. The summed E-state index contributed by atoms with van der Waals surface area (Å²) in [6.45, 7) is 12.0. The number of carbonyl (C=O) groups is 1. The van der Waals surface area contributed by atoms with Gasteiger partial charge in [0.25, 0.3) is 0 Å². The van der Waals surface area contributed by atoms with Crippen molar-refractivity contribution < 1.29 is 22.4 Å². The van der Waals surface area contributed by atoms with Crippen LogP contribution in [-0.4, -0.2) is 101 Å². The van der Waals surface area contributed by atoms with Crippen LogP contribution in [0.15, 0.2) is 52.7 Å². The monoisotopic (exact) mass is 630 g/mol. The van der Waals surface area contributed by atoms with Crippen molar-refractivity contribution in [3.05, 3.63) is 64.9 Å². The number of halogens is 4. The van der Waals surface area contributed by atoms with Gasteiger partial charge in [0.2, 0.25) is 5.91 Å². The Morgan fingerprint density at radius 3 is 2.32 bits per heavy atom. The Kier molecular flexibility index (Phi) is 8.46. The predicted molar refractivity (Wildman–Crippen MR) is 164 cm³/mol. The quantitative estimate of drug-likeness (QED) is 0.297. The van der Waals surface area contributed by atoms with Crippen molar-refractivity contribution in [3.63, 3.8) is 0 Å². The third-order valence-corrected chi connectivity index (χ3v) is 10.1. The minimum Gasteiger partial charge on any atom is -0.352 e. The standard InChI is InChI=1S/C31H34F4N6O2S/c1-3-25(42)39-13-15-40(16-14-39)29-23-17-24(31(33,34)35)26(20-5-7-21(32)8-6-20)28-27(23)41(30(43)36-29)22(19-44-28)18-38-11-9-37(4-2)10-12-38/h3,5-8,17,22H,1,4,9-16,18-19H2,2H3/t22-/m0/s1. The molecule has 44 heavy (non-hydrogen) atoms.